The van der Waals surface area contributed by atoms with Crippen LogP contribution < -0.4 is 10.5 Å². The van der Waals surface area contributed by atoms with Gasteiger partial charge in [-0.2, -0.15) is 4.98 Å². The molecule has 24 heavy (non-hydrogen) atoms. The van der Waals surface area contributed by atoms with Crippen LogP contribution in [0.5, 0.6) is 5.75 Å². The van der Waals surface area contributed by atoms with Gasteiger partial charge in [-0.05, 0) is 23.6 Å². The second-order valence-electron chi connectivity index (χ2n) is 4.71. The van der Waals surface area contributed by atoms with Crippen LogP contribution >= 0.6 is 0 Å². The van der Waals surface area contributed by atoms with Crippen LogP contribution in [0.3, 0.4) is 0 Å². The van der Waals surface area contributed by atoms with Gasteiger partial charge in [0.15, 0.2) is 0 Å². The molecule has 8 nitrogen and oxygen atoms in total. The smallest absolute Gasteiger partial charge is 0.288 e. The summed E-state index contributed by atoms with van der Waals surface area (Å²) in [6, 6.07) is 7.54. The molecule has 1 amide bonds. The number of aliphatic hydroxyl groups excluding tert-OH is 1. The second kappa shape index (κ2) is 8.67. The van der Waals surface area contributed by atoms with Crippen LogP contribution in [0.1, 0.15) is 22.0 Å². The van der Waals surface area contributed by atoms with Crippen molar-refractivity contribution >= 4 is 5.91 Å². The zero-order chi connectivity index (χ0) is 17.4. The predicted molar refractivity (Wildman–Crippen MR) is 85.2 cm³/mol. The molecule has 126 valence electrons. The minimum Gasteiger partial charge on any atom is -0.497 e. The number of aromatic nitrogens is 3. The average molecular weight is 330 g/mol. The van der Waals surface area contributed by atoms with Crippen molar-refractivity contribution < 1.29 is 19.4 Å². The highest BCUT2D eigenvalue weighted by atomic mass is 16.5. The van der Waals surface area contributed by atoms with E-state index >= 15 is 0 Å². The average Bonchev–Trinajstić information content (AvgIpc) is 2.99. The largest absolute Gasteiger partial charge is 0.497 e. The number of primary amides is 1. The van der Waals surface area contributed by atoms with Crippen molar-refractivity contribution in [2.45, 2.75) is 13.2 Å². The van der Waals surface area contributed by atoms with E-state index in [1.807, 2.05) is 24.3 Å². The summed E-state index contributed by atoms with van der Waals surface area (Å²) >= 11 is 0. The molecule has 0 aliphatic rings. The Morgan fingerprint density at radius 2 is 2.12 bits per heavy atom. The fourth-order valence-electron chi connectivity index (χ4n) is 1.81. The summed E-state index contributed by atoms with van der Waals surface area (Å²) in [6.45, 7) is 0.0493. The minimum absolute atomic E-state index is 0.0212. The van der Waals surface area contributed by atoms with E-state index in [0.29, 0.717) is 6.42 Å². The number of carbonyl (C=O) groups excluding carboxylic acids is 1. The van der Waals surface area contributed by atoms with E-state index in [2.05, 4.69) is 21.9 Å². The van der Waals surface area contributed by atoms with Crippen LogP contribution in [0.2, 0.25) is 0 Å². The number of hydrogen-bond donors (Lipinski definition) is 2. The standard InChI is InChI=1S/C16H18N4O4/c1-23-13-7-5-12(6-8-13)3-2-4-14-18-16(15(17)22)19-20(14)11-24-10-9-21/h5-8,21H,3,9-11H2,1H3,(H2,17,22). The lowest BCUT2D eigenvalue weighted by Gasteiger charge is -2.02. The highest BCUT2D eigenvalue weighted by Crippen LogP contribution is 2.11. The highest BCUT2D eigenvalue weighted by molar-refractivity contribution is 5.88. The molecule has 8 heteroatoms. The van der Waals surface area contributed by atoms with Gasteiger partial charge in [0.1, 0.15) is 12.5 Å². The van der Waals surface area contributed by atoms with Crippen LogP contribution in [0.25, 0.3) is 0 Å². The van der Waals surface area contributed by atoms with E-state index in [1.165, 1.54) is 4.68 Å². The van der Waals surface area contributed by atoms with E-state index in [-0.39, 0.29) is 31.6 Å². The number of aliphatic hydroxyl groups is 1. The maximum Gasteiger partial charge on any atom is 0.288 e. The summed E-state index contributed by atoms with van der Waals surface area (Å²) in [5.74, 6) is 6.00. The molecule has 2 rings (SSSR count). The molecule has 1 aromatic carbocycles. The molecule has 0 bridgehead atoms. The van der Waals surface area contributed by atoms with Crippen molar-refractivity contribution in [3.8, 4) is 17.6 Å². The number of hydrogen-bond acceptors (Lipinski definition) is 6. The van der Waals surface area contributed by atoms with Gasteiger partial charge in [-0.15, -0.1) is 5.10 Å². The molecule has 0 aliphatic heterocycles. The number of nitrogens with zero attached hydrogens (tertiary/aromatic N) is 3. The van der Waals surface area contributed by atoms with Crippen LogP contribution in [0.15, 0.2) is 24.3 Å². The highest BCUT2D eigenvalue weighted by Gasteiger charge is 2.12. The van der Waals surface area contributed by atoms with Crippen LogP contribution in [-0.2, 0) is 17.9 Å². The number of rotatable bonds is 7. The molecule has 3 N–H and O–H groups in total. The van der Waals surface area contributed by atoms with E-state index < -0.39 is 5.91 Å². The fourth-order valence-corrected chi connectivity index (χ4v) is 1.81. The van der Waals surface area contributed by atoms with Gasteiger partial charge in [-0.3, -0.25) is 4.79 Å². The van der Waals surface area contributed by atoms with Gasteiger partial charge in [0.2, 0.25) is 11.6 Å². The van der Waals surface area contributed by atoms with Gasteiger partial charge in [0.25, 0.3) is 5.91 Å². The number of carbonyl (C=O) groups is 1. The van der Waals surface area contributed by atoms with Crippen molar-refractivity contribution in [3.05, 3.63) is 41.5 Å². The molecule has 0 fully saturated rings. The van der Waals surface area contributed by atoms with Crippen molar-refractivity contribution in [3.63, 3.8) is 0 Å². The molecule has 0 radical (unpaired) electrons. The topological polar surface area (TPSA) is 112 Å². The lowest BCUT2D eigenvalue weighted by Crippen LogP contribution is -2.14. The van der Waals surface area contributed by atoms with Crippen molar-refractivity contribution in [1.29, 1.82) is 0 Å². The van der Waals surface area contributed by atoms with Crippen molar-refractivity contribution in [2.75, 3.05) is 20.3 Å². The zero-order valence-corrected chi connectivity index (χ0v) is 13.2. The van der Waals surface area contributed by atoms with Crippen LogP contribution in [-0.4, -0.2) is 46.1 Å². The van der Waals surface area contributed by atoms with Crippen molar-refractivity contribution in [2.24, 2.45) is 5.73 Å². The molecule has 2 aromatic rings. The van der Waals surface area contributed by atoms with Gasteiger partial charge >= 0.3 is 0 Å². The third-order valence-corrected chi connectivity index (χ3v) is 2.99. The number of benzene rings is 1. The molecule has 0 unspecified atom stereocenters. The molecule has 0 saturated heterocycles. The number of ether oxygens (including phenoxy) is 2. The Morgan fingerprint density at radius 3 is 2.75 bits per heavy atom. The molecule has 0 atom stereocenters. The quantitative estimate of drug-likeness (QED) is 0.543. The van der Waals surface area contributed by atoms with Gasteiger partial charge < -0.3 is 20.3 Å². The van der Waals surface area contributed by atoms with E-state index in [9.17, 15) is 4.79 Å². The maximum atomic E-state index is 11.2. The third-order valence-electron chi connectivity index (χ3n) is 2.99. The first-order valence-corrected chi connectivity index (χ1v) is 7.19. The zero-order valence-electron chi connectivity index (χ0n) is 13.2. The van der Waals surface area contributed by atoms with E-state index in [0.717, 1.165) is 11.3 Å². The van der Waals surface area contributed by atoms with Crippen molar-refractivity contribution in [1.82, 2.24) is 14.8 Å². The lowest BCUT2D eigenvalue weighted by atomic mass is 10.1. The Hall–Kier alpha value is -2.89. The number of methoxy groups -OCH3 is 1. The first kappa shape index (κ1) is 17.5. The van der Waals surface area contributed by atoms with E-state index in [1.54, 1.807) is 7.11 Å². The first-order chi connectivity index (χ1) is 11.6. The Labute approximate surface area is 139 Å². The summed E-state index contributed by atoms with van der Waals surface area (Å²) < 4.78 is 11.6. The maximum absolute atomic E-state index is 11.2. The molecule has 0 aliphatic carbocycles. The minimum atomic E-state index is -0.742. The number of nitrogens with two attached hydrogens (primary N) is 1. The van der Waals surface area contributed by atoms with Crippen LogP contribution in [0, 0.1) is 11.8 Å². The predicted octanol–water partition coefficient (Wildman–Crippen LogP) is -0.0538. The van der Waals surface area contributed by atoms with Crippen LogP contribution in [0.4, 0.5) is 0 Å². The SMILES string of the molecule is COc1ccc(CC#Cc2nc(C(N)=O)nn2COCCO)cc1. The number of amides is 1. The summed E-state index contributed by atoms with van der Waals surface area (Å²) in [4.78, 5) is 15.2. The van der Waals surface area contributed by atoms with Gasteiger partial charge in [-0.1, -0.05) is 18.1 Å². The molecule has 0 saturated carbocycles. The molecule has 1 heterocycles. The summed E-state index contributed by atoms with van der Waals surface area (Å²) in [7, 11) is 1.61. The Kier molecular flexibility index (Phi) is 6.31. The van der Waals surface area contributed by atoms with Gasteiger partial charge in [0.05, 0.1) is 20.3 Å². The molecular weight excluding hydrogens is 312 g/mol. The Balaban J connectivity index is 2.10. The fraction of sp³-hybridized carbons (Fsp3) is 0.312. The Morgan fingerprint density at radius 1 is 1.38 bits per heavy atom. The Bertz CT molecular complexity index is 744. The summed E-state index contributed by atoms with van der Waals surface area (Å²) in [5, 5.41) is 12.7. The molecule has 0 spiro atoms. The summed E-state index contributed by atoms with van der Waals surface area (Å²) in [6.07, 6.45) is 0.500. The normalized spacial score (nSPS) is 10.1. The van der Waals surface area contributed by atoms with Gasteiger partial charge in [-0.25, -0.2) is 4.68 Å². The monoisotopic (exact) mass is 330 g/mol. The molecular formula is C16H18N4O4. The van der Waals surface area contributed by atoms with Gasteiger partial charge in [0, 0.05) is 6.42 Å². The first-order valence-electron chi connectivity index (χ1n) is 7.19. The lowest BCUT2D eigenvalue weighted by molar-refractivity contribution is 0.0411. The second-order valence-corrected chi connectivity index (χ2v) is 4.71. The summed E-state index contributed by atoms with van der Waals surface area (Å²) in [5.41, 5.74) is 6.19. The third kappa shape index (κ3) is 4.81. The van der Waals surface area contributed by atoms with E-state index in [4.69, 9.17) is 20.3 Å². The molecule has 1 aromatic heterocycles.